The Bertz CT molecular complexity index is 364. The van der Waals surface area contributed by atoms with Crippen LogP contribution in [0.1, 0.15) is 17.2 Å². The molecule has 0 radical (unpaired) electrons. The smallest absolute Gasteiger partial charge is 0.0721 e. The lowest BCUT2D eigenvalue weighted by Gasteiger charge is -2.26. The van der Waals surface area contributed by atoms with Crippen molar-refractivity contribution in [1.29, 1.82) is 0 Å². The molecule has 0 saturated heterocycles. The lowest BCUT2D eigenvalue weighted by Crippen LogP contribution is -2.30. The molecule has 3 heteroatoms. The van der Waals surface area contributed by atoms with E-state index in [1.54, 1.807) is 0 Å². The molecule has 0 fully saturated rings. The molecule has 0 amide bonds. The molecule has 0 spiro atoms. The van der Waals surface area contributed by atoms with Gasteiger partial charge in [0.2, 0.25) is 0 Å². The first-order valence-corrected chi connectivity index (χ1v) is 5.79. The maximum atomic E-state index is 5.53. The Morgan fingerprint density at radius 3 is 3.13 bits per heavy atom. The quantitative estimate of drug-likeness (QED) is 0.910. The average Bonchev–Trinajstić information content (AvgIpc) is 2.26. The Morgan fingerprint density at radius 1 is 1.53 bits per heavy atom. The largest absolute Gasteiger partial charge is 0.375 e. The van der Waals surface area contributed by atoms with Crippen LogP contribution >= 0.6 is 15.9 Å². The Labute approximate surface area is 98.5 Å². The van der Waals surface area contributed by atoms with E-state index in [2.05, 4.69) is 46.0 Å². The average molecular weight is 268 g/mol. The van der Waals surface area contributed by atoms with Crippen LogP contribution in [0.15, 0.2) is 35.3 Å². The molecular formula is C12H14BrNO. The Kier molecular flexibility index (Phi) is 3.57. The first-order valence-electron chi connectivity index (χ1n) is 4.99. The highest BCUT2D eigenvalue weighted by Gasteiger charge is 2.19. The molecule has 0 saturated carbocycles. The topological polar surface area (TPSA) is 21.3 Å². The fraction of sp³-hybridized carbons (Fsp3) is 0.333. The predicted octanol–water partition coefficient (Wildman–Crippen LogP) is 2.76. The van der Waals surface area contributed by atoms with E-state index in [4.69, 9.17) is 4.74 Å². The number of fused-ring (bicyclic) bond motifs is 1. The Hall–Kier alpha value is -0.640. The van der Waals surface area contributed by atoms with E-state index < -0.39 is 0 Å². The molecule has 80 valence electrons. The fourth-order valence-electron chi connectivity index (χ4n) is 1.78. The summed E-state index contributed by atoms with van der Waals surface area (Å²) in [5.41, 5.74) is 2.62. The molecule has 0 bridgehead atoms. The summed E-state index contributed by atoms with van der Waals surface area (Å²) in [6, 6.07) is 8.68. The van der Waals surface area contributed by atoms with Gasteiger partial charge in [-0.15, -0.1) is 0 Å². The summed E-state index contributed by atoms with van der Waals surface area (Å²) in [6.07, 6.45) is 0. The molecular weight excluding hydrogens is 254 g/mol. The summed E-state index contributed by atoms with van der Waals surface area (Å²) in [5, 5.41) is 3.41. The summed E-state index contributed by atoms with van der Waals surface area (Å²) in [7, 11) is 0. The number of halogens is 1. The van der Waals surface area contributed by atoms with Crippen molar-refractivity contribution >= 4 is 15.9 Å². The monoisotopic (exact) mass is 267 g/mol. The molecule has 15 heavy (non-hydrogen) atoms. The van der Waals surface area contributed by atoms with Gasteiger partial charge in [-0.05, 0) is 11.1 Å². The second-order valence-electron chi connectivity index (χ2n) is 3.66. The van der Waals surface area contributed by atoms with Crippen LogP contribution in [0.2, 0.25) is 0 Å². The molecule has 0 aromatic heterocycles. The van der Waals surface area contributed by atoms with Gasteiger partial charge in [0.1, 0.15) is 0 Å². The number of hydrogen-bond acceptors (Lipinski definition) is 2. The predicted molar refractivity (Wildman–Crippen MR) is 64.9 cm³/mol. The third kappa shape index (κ3) is 2.68. The van der Waals surface area contributed by atoms with Crippen molar-refractivity contribution in [3.63, 3.8) is 0 Å². The fourth-order valence-corrected chi connectivity index (χ4v) is 1.95. The standard InChI is InChI=1S/C12H14BrNO/c1-9(13)6-14-12-8-15-7-10-4-2-3-5-11(10)12/h2-5,12,14H,1,6-8H2. The highest BCUT2D eigenvalue weighted by atomic mass is 79.9. The van der Waals surface area contributed by atoms with Crippen LogP contribution in [-0.4, -0.2) is 13.2 Å². The summed E-state index contributed by atoms with van der Waals surface area (Å²) in [6.45, 7) is 6.03. The highest BCUT2D eigenvalue weighted by molar-refractivity contribution is 9.11. The molecule has 1 aliphatic heterocycles. The van der Waals surface area contributed by atoms with E-state index in [9.17, 15) is 0 Å². The molecule has 0 aliphatic carbocycles. The molecule has 2 nitrogen and oxygen atoms in total. The third-order valence-corrected chi connectivity index (χ3v) is 2.79. The first-order chi connectivity index (χ1) is 7.27. The molecule has 1 N–H and O–H groups in total. The van der Waals surface area contributed by atoms with Gasteiger partial charge in [0, 0.05) is 11.0 Å². The minimum Gasteiger partial charge on any atom is -0.375 e. The van der Waals surface area contributed by atoms with E-state index in [1.165, 1.54) is 11.1 Å². The summed E-state index contributed by atoms with van der Waals surface area (Å²) in [4.78, 5) is 0. The van der Waals surface area contributed by atoms with Crippen LogP contribution in [-0.2, 0) is 11.3 Å². The zero-order valence-corrected chi connectivity index (χ0v) is 10.1. The van der Waals surface area contributed by atoms with Crippen LogP contribution in [0, 0.1) is 0 Å². The number of nitrogens with one attached hydrogen (secondary N) is 1. The van der Waals surface area contributed by atoms with Crippen LogP contribution in [0.4, 0.5) is 0 Å². The van der Waals surface area contributed by atoms with Gasteiger partial charge in [0.05, 0.1) is 19.3 Å². The number of ether oxygens (including phenoxy) is 1. The van der Waals surface area contributed by atoms with Crippen LogP contribution in [0.3, 0.4) is 0 Å². The van der Waals surface area contributed by atoms with Gasteiger partial charge in [-0.2, -0.15) is 0 Å². The molecule has 1 aromatic carbocycles. The van der Waals surface area contributed by atoms with E-state index in [-0.39, 0.29) is 6.04 Å². The number of benzene rings is 1. The first kappa shape index (κ1) is 10.9. The lowest BCUT2D eigenvalue weighted by atomic mass is 9.99. The van der Waals surface area contributed by atoms with Gasteiger partial charge in [0.25, 0.3) is 0 Å². The summed E-state index contributed by atoms with van der Waals surface area (Å²) < 4.78 is 6.50. The molecule has 1 aliphatic rings. The van der Waals surface area contributed by atoms with Gasteiger partial charge in [-0.3, -0.25) is 0 Å². The normalized spacial score (nSPS) is 19.7. The number of rotatable bonds is 3. The molecule has 2 rings (SSSR count). The maximum absolute atomic E-state index is 5.53. The number of hydrogen-bond donors (Lipinski definition) is 1. The van der Waals surface area contributed by atoms with Crippen LogP contribution < -0.4 is 5.32 Å². The van der Waals surface area contributed by atoms with Crippen molar-refractivity contribution < 1.29 is 4.74 Å². The van der Waals surface area contributed by atoms with Gasteiger partial charge < -0.3 is 10.1 Å². The van der Waals surface area contributed by atoms with Crippen molar-refractivity contribution in [3.8, 4) is 0 Å². The van der Waals surface area contributed by atoms with Crippen molar-refractivity contribution in [2.45, 2.75) is 12.6 Å². The molecule has 1 unspecified atom stereocenters. The Morgan fingerprint density at radius 2 is 2.33 bits per heavy atom. The van der Waals surface area contributed by atoms with Crippen molar-refractivity contribution in [3.05, 3.63) is 46.5 Å². The van der Waals surface area contributed by atoms with Crippen LogP contribution in [0.25, 0.3) is 0 Å². The van der Waals surface area contributed by atoms with Crippen molar-refractivity contribution in [2.24, 2.45) is 0 Å². The van der Waals surface area contributed by atoms with Gasteiger partial charge in [-0.25, -0.2) is 0 Å². The van der Waals surface area contributed by atoms with Crippen LogP contribution in [0.5, 0.6) is 0 Å². The van der Waals surface area contributed by atoms with Gasteiger partial charge in [-0.1, -0.05) is 46.8 Å². The summed E-state index contributed by atoms with van der Waals surface area (Å²) >= 11 is 3.34. The second kappa shape index (κ2) is 4.92. The van der Waals surface area contributed by atoms with Crippen molar-refractivity contribution in [1.82, 2.24) is 5.32 Å². The maximum Gasteiger partial charge on any atom is 0.0721 e. The van der Waals surface area contributed by atoms with E-state index in [1.807, 2.05) is 6.07 Å². The van der Waals surface area contributed by atoms with Crippen molar-refractivity contribution in [2.75, 3.05) is 13.2 Å². The van der Waals surface area contributed by atoms with E-state index in [0.717, 1.165) is 24.2 Å². The minimum atomic E-state index is 0.282. The van der Waals surface area contributed by atoms with Gasteiger partial charge >= 0.3 is 0 Å². The summed E-state index contributed by atoms with van der Waals surface area (Å²) in [5.74, 6) is 0. The molecule has 1 aromatic rings. The van der Waals surface area contributed by atoms with E-state index >= 15 is 0 Å². The van der Waals surface area contributed by atoms with E-state index in [0.29, 0.717) is 0 Å². The molecule has 1 atom stereocenters. The third-order valence-electron chi connectivity index (χ3n) is 2.51. The highest BCUT2D eigenvalue weighted by Crippen LogP contribution is 2.24. The lowest BCUT2D eigenvalue weighted by molar-refractivity contribution is 0.0832. The SMILES string of the molecule is C=C(Br)CNC1COCc2ccccc21. The second-order valence-corrected chi connectivity index (χ2v) is 4.79. The zero-order chi connectivity index (χ0) is 10.7. The zero-order valence-electron chi connectivity index (χ0n) is 8.50. The van der Waals surface area contributed by atoms with Gasteiger partial charge in [0.15, 0.2) is 0 Å². The molecule has 1 heterocycles. The minimum absolute atomic E-state index is 0.282. The Balaban J connectivity index is 2.11.